The van der Waals surface area contributed by atoms with Crippen LogP contribution in [0.25, 0.3) is 0 Å². The molecule has 0 aromatic rings. The van der Waals surface area contributed by atoms with Gasteiger partial charge in [0.05, 0.1) is 6.17 Å². The van der Waals surface area contributed by atoms with Crippen molar-refractivity contribution in [2.75, 3.05) is 13.7 Å². The summed E-state index contributed by atoms with van der Waals surface area (Å²) in [5.74, 6) is 0.273. The molecule has 0 bridgehead atoms. The lowest BCUT2D eigenvalue weighted by Crippen LogP contribution is -2.62. The first kappa shape index (κ1) is 18.6. The van der Waals surface area contributed by atoms with Gasteiger partial charge in [0.15, 0.2) is 0 Å². The topological polar surface area (TPSA) is 27.3 Å². The van der Waals surface area contributed by atoms with Gasteiger partial charge in [0.2, 0.25) is 0 Å². The van der Waals surface area contributed by atoms with Gasteiger partial charge in [0.1, 0.15) is 5.83 Å². The van der Waals surface area contributed by atoms with Crippen LogP contribution < -0.4 is 10.6 Å². The quantitative estimate of drug-likeness (QED) is 0.733. The fourth-order valence-corrected chi connectivity index (χ4v) is 2.61. The Morgan fingerprint density at radius 3 is 2.81 bits per heavy atom. The van der Waals surface area contributed by atoms with Gasteiger partial charge in [-0.1, -0.05) is 37.6 Å². The molecular formula is C16H29ClFN3. The van der Waals surface area contributed by atoms with E-state index in [9.17, 15) is 4.39 Å². The highest BCUT2D eigenvalue weighted by atomic mass is 35.5. The van der Waals surface area contributed by atoms with Crippen LogP contribution in [0.15, 0.2) is 23.0 Å². The Morgan fingerprint density at radius 2 is 2.19 bits per heavy atom. The summed E-state index contributed by atoms with van der Waals surface area (Å²) in [5.41, 5.74) is 0. The van der Waals surface area contributed by atoms with Crippen LogP contribution in [0.5, 0.6) is 0 Å². The highest BCUT2D eigenvalue weighted by Crippen LogP contribution is 2.19. The normalized spacial score (nSPS) is 30.5. The van der Waals surface area contributed by atoms with Crippen molar-refractivity contribution in [1.29, 1.82) is 0 Å². The number of rotatable bonds is 6. The third kappa shape index (κ3) is 5.70. The molecule has 4 unspecified atom stereocenters. The molecule has 0 spiro atoms. The van der Waals surface area contributed by atoms with Gasteiger partial charge in [-0.3, -0.25) is 10.2 Å². The van der Waals surface area contributed by atoms with Gasteiger partial charge >= 0.3 is 0 Å². The summed E-state index contributed by atoms with van der Waals surface area (Å²) >= 11 is 5.78. The first-order chi connectivity index (χ1) is 9.86. The molecule has 1 heterocycles. The molecule has 0 aliphatic carbocycles. The van der Waals surface area contributed by atoms with Gasteiger partial charge in [-0.2, -0.15) is 0 Å². The van der Waals surface area contributed by atoms with Crippen molar-refractivity contribution in [2.45, 2.75) is 58.8 Å². The van der Waals surface area contributed by atoms with E-state index in [-0.39, 0.29) is 18.3 Å². The van der Waals surface area contributed by atoms with Crippen molar-refractivity contribution in [2.24, 2.45) is 5.92 Å². The van der Waals surface area contributed by atoms with E-state index in [2.05, 4.69) is 43.4 Å². The molecule has 0 aromatic carbocycles. The molecule has 4 atom stereocenters. The van der Waals surface area contributed by atoms with Gasteiger partial charge in [-0.05, 0) is 33.2 Å². The number of halogens is 2. The minimum atomic E-state index is -0.233. The number of allylic oxidation sites excluding steroid dienone is 3. The molecule has 1 saturated heterocycles. The van der Waals surface area contributed by atoms with E-state index in [0.29, 0.717) is 29.6 Å². The van der Waals surface area contributed by atoms with Crippen molar-refractivity contribution in [3.63, 3.8) is 0 Å². The summed E-state index contributed by atoms with van der Waals surface area (Å²) in [4.78, 5) is 2.27. The lowest BCUT2D eigenvalue weighted by atomic mass is 9.96. The number of hydrogen-bond acceptors (Lipinski definition) is 3. The summed E-state index contributed by atoms with van der Waals surface area (Å²) in [6.45, 7) is 9.27. The van der Waals surface area contributed by atoms with E-state index in [0.717, 1.165) is 6.67 Å². The molecule has 1 rings (SSSR count). The number of hydrogen-bond donors (Lipinski definition) is 2. The van der Waals surface area contributed by atoms with E-state index in [1.165, 1.54) is 0 Å². The predicted molar refractivity (Wildman–Crippen MR) is 88.8 cm³/mol. The van der Waals surface area contributed by atoms with Crippen molar-refractivity contribution in [3.05, 3.63) is 23.0 Å². The standard InChI is InChI=1S/C16H29ClFN3/c1-6-14(17)15(18)9-7-8-11(2)20-16-12(3)13(4)19-10-21(16)5/h7-8,11-13,16,19-20H,6,9-10H2,1-5H3. The lowest BCUT2D eigenvalue weighted by Gasteiger charge is -2.43. The molecule has 3 nitrogen and oxygen atoms in total. The van der Waals surface area contributed by atoms with Crippen LogP contribution in [0.2, 0.25) is 0 Å². The smallest absolute Gasteiger partial charge is 0.118 e. The second-order valence-electron chi connectivity index (χ2n) is 5.96. The molecule has 0 radical (unpaired) electrons. The van der Waals surface area contributed by atoms with Crippen LogP contribution >= 0.6 is 11.6 Å². The summed E-state index contributed by atoms with van der Waals surface area (Å²) in [7, 11) is 2.10. The average molecular weight is 318 g/mol. The molecule has 0 amide bonds. The Kier molecular flexibility index (Phi) is 7.88. The SMILES string of the molecule is CCC(Cl)=C(F)CC=CC(C)NC1C(C)C(C)NCN1C. The van der Waals surface area contributed by atoms with Crippen molar-refractivity contribution in [3.8, 4) is 0 Å². The Hall–Kier alpha value is -0.420. The first-order valence-corrected chi connectivity index (χ1v) is 8.13. The number of nitrogens with one attached hydrogen (secondary N) is 2. The third-order valence-corrected chi connectivity index (χ3v) is 4.66. The van der Waals surface area contributed by atoms with Crippen LogP contribution in [0.3, 0.4) is 0 Å². The fraction of sp³-hybridized carbons (Fsp3) is 0.750. The molecular weight excluding hydrogens is 289 g/mol. The van der Waals surface area contributed by atoms with Gasteiger partial charge < -0.3 is 5.32 Å². The van der Waals surface area contributed by atoms with E-state index < -0.39 is 0 Å². The van der Waals surface area contributed by atoms with E-state index >= 15 is 0 Å². The van der Waals surface area contributed by atoms with E-state index in [1.54, 1.807) is 0 Å². The Balaban J connectivity index is 2.51. The van der Waals surface area contributed by atoms with Crippen LogP contribution in [0.4, 0.5) is 4.39 Å². The molecule has 1 fully saturated rings. The molecule has 0 saturated carbocycles. The van der Waals surface area contributed by atoms with Gasteiger partial charge in [-0.15, -0.1) is 0 Å². The van der Waals surface area contributed by atoms with Crippen LogP contribution in [0, 0.1) is 5.92 Å². The molecule has 1 aliphatic heterocycles. The molecule has 5 heteroatoms. The summed E-state index contributed by atoms with van der Waals surface area (Å²) in [5, 5.41) is 7.37. The summed E-state index contributed by atoms with van der Waals surface area (Å²) in [6.07, 6.45) is 4.99. The maximum absolute atomic E-state index is 13.5. The molecule has 122 valence electrons. The maximum Gasteiger partial charge on any atom is 0.118 e. The molecule has 2 N–H and O–H groups in total. The second-order valence-corrected chi connectivity index (χ2v) is 6.42. The van der Waals surface area contributed by atoms with Crippen LogP contribution in [-0.2, 0) is 0 Å². The fourth-order valence-electron chi connectivity index (χ4n) is 2.53. The molecule has 21 heavy (non-hydrogen) atoms. The number of nitrogens with zero attached hydrogens (tertiary/aromatic N) is 1. The Bertz CT molecular complexity index is 384. The van der Waals surface area contributed by atoms with E-state index in [4.69, 9.17) is 11.6 Å². The highest BCUT2D eigenvalue weighted by molar-refractivity contribution is 6.29. The van der Waals surface area contributed by atoms with Crippen molar-refractivity contribution in [1.82, 2.24) is 15.5 Å². The minimum absolute atomic E-state index is 0.193. The monoisotopic (exact) mass is 317 g/mol. The molecule has 0 aromatic heterocycles. The average Bonchev–Trinajstić information content (AvgIpc) is 2.46. The van der Waals surface area contributed by atoms with Crippen LogP contribution in [0.1, 0.15) is 40.5 Å². The minimum Gasteiger partial charge on any atom is -0.301 e. The van der Waals surface area contributed by atoms with Gasteiger partial charge in [0, 0.05) is 30.2 Å². The zero-order valence-corrected chi connectivity index (χ0v) is 14.5. The lowest BCUT2D eigenvalue weighted by molar-refractivity contribution is 0.0649. The van der Waals surface area contributed by atoms with Crippen molar-refractivity contribution < 1.29 is 4.39 Å². The summed E-state index contributed by atoms with van der Waals surface area (Å²) < 4.78 is 13.5. The second kappa shape index (κ2) is 8.89. The van der Waals surface area contributed by atoms with Gasteiger partial charge in [0.25, 0.3) is 0 Å². The Morgan fingerprint density at radius 1 is 1.52 bits per heavy atom. The third-order valence-electron chi connectivity index (χ3n) is 4.18. The van der Waals surface area contributed by atoms with Crippen molar-refractivity contribution >= 4 is 11.6 Å². The Labute approximate surface area is 133 Å². The zero-order valence-electron chi connectivity index (χ0n) is 13.8. The zero-order chi connectivity index (χ0) is 16.0. The summed E-state index contributed by atoms with van der Waals surface area (Å²) in [6, 6.07) is 0.678. The largest absolute Gasteiger partial charge is 0.301 e. The maximum atomic E-state index is 13.5. The van der Waals surface area contributed by atoms with E-state index in [1.807, 2.05) is 19.1 Å². The molecule has 1 aliphatic rings. The van der Waals surface area contributed by atoms with Crippen LogP contribution in [-0.4, -0.2) is 36.9 Å². The predicted octanol–water partition coefficient (Wildman–Crippen LogP) is 3.58. The highest BCUT2D eigenvalue weighted by Gasteiger charge is 2.30. The van der Waals surface area contributed by atoms with Gasteiger partial charge in [-0.25, -0.2) is 4.39 Å². The first-order valence-electron chi connectivity index (χ1n) is 7.76.